The number of amides is 2. The van der Waals surface area contributed by atoms with E-state index >= 15 is 0 Å². The number of nitrogens with zero attached hydrogens (tertiary/aromatic N) is 2. The Morgan fingerprint density at radius 1 is 1.26 bits per heavy atom. The van der Waals surface area contributed by atoms with Gasteiger partial charge in [0.05, 0.1) is 0 Å². The van der Waals surface area contributed by atoms with Gasteiger partial charge in [-0.05, 0) is 30.9 Å². The zero-order valence-corrected chi connectivity index (χ0v) is 13.0. The molecule has 0 radical (unpaired) electrons. The van der Waals surface area contributed by atoms with E-state index in [1.54, 1.807) is 0 Å². The van der Waals surface area contributed by atoms with Crippen molar-refractivity contribution >= 4 is 28.9 Å². The lowest BCUT2D eigenvalue weighted by Crippen LogP contribution is -2.43. The van der Waals surface area contributed by atoms with Crippen LogP contribution >= 0.6 is 0 Å². The minimum absolute atomic E-state index is 0.365. The highest BCUT2D eigenvalue weighted by atomic mass is 16.4. The first-order valence-electron chi connectivity index (χ1n) is 7.78. The highest BCUT2D eigenvalue weighted by Gasteiger charge is 2.23. The zero-order chi connectivity index (χ0) is 16.2. The lowest BCUT2D eigenvalue weighted by atomic mass is 9.97. The molecule has 2 N–H and O–H groups in total. The second kappa shape index (κ2) is 6.68. The molecule has 2 heterocycles. The number of para-hydroxylation sites is 2. The Morgan fingerprint density at radius 3 is 2.70 bits per heavy atom. The summed E-state index contributed by atoms with van der Waals surface area (Å²) < 4.78 is 5.78. The smallest absolute Gasteiger partial charge is 0.309 e. The van der Waals surface area contributed by atoms with Crippen LogP contribution in [-0.4, -0.2) is 43.5 Å². The van der Waals surface area contributed by atoms with Crippen LogP contribution in [-0.2, 0) is 9.59 Å². The molecular weight excluding hydrogens is 296 g/mol. The lowest BCUT2D eigenvalue weighted by molar-refractivity contribution is -0.139. The zero-order valence-electron chi connectivity index (χ0n) is 13.0. The molecule has 0 unspecified atom stereocenters. The van der Waals surface area contributed by atoms with Crippen molar-refractivity contribution in [2.75, 3.05) is 31.6 Å². The third kappa shape index (κ3) is 3.44. The number of likely N-dealkylation sites (N-methyl/N-ethyl adjacent to an activating group) is 1. The molecule has 1 aliphatic rings. The highest BCUT2D eigenvalue weighted by molar-refractivity contribution is 6.34. The number of benzene rings is 1. The van der Waals surface area contributed by atoms with Gasteiger partial charge in [-0.25, -0.2) is 0 Å². The molecule has 0 atom stereocenters. The average molecular weight is 316 g/mol. The third-order valence-corrected chi connectivity index (χ3v) is 4.15. The van der Waals surface area contributed by atoms with Crippen LogP contribution in [0.25, 0.3) is 11.1 Å². The molecular formula is C16H20N4O3. The number of anilines is 1. The molecule has 0 spiro atoms. The fourth-order valence-corrected chi connectivity index (χ4v) is 2.75. The number of aromatic nitrogens is 1. The predicted octanol–water partition coefficient (Wildman–Crippen LogP) is 0.906. The monoisotopic (exact) mass is 316 g/mol. The van der Waals surface area contributed by atoms with E-state index in [4.69, 9.17) is 4.42 Å². The van der Waals surface area contributed by atoms with Crippen LogP contribution in [0.1, 0.15) is 12.8 Å². The van der Waals surface area contributed by atoms with E-state index < -0.39 is 11.8 Å². The number of rotatable bonds is 3. The molecule has 0 saturated carbocycles. The first-order valence-corrected chi connectivity index (χ1v) is 7.78. The van der Waals surface area contributed by atoms with Crippen LogP contribution in [0.4, 0.5) is 6.01 Å². The van der Waals surface area contributed by atoms with Gasteiger partial charge >= 0.3 is 11.8 Å². The van der Waals surface area contributed by atoms with Crippen molar-refractivity contribution in [3.8, 4) is 0 Å². The summed E-state index contributed by atoms with van der Waals surface area (Å²) in [6.07, 6.45) is 1.85. The van der Waals surface area contributed by atoms with E-state index in [-0.39, 0.29) is 0 Å². The molecule has 0 bridgehead atoms. The van der Waals surface area contributed by atoms with Gasteiger partial charge in [0, 0.05) is 26.7 Å². The molecule has 1 aromatic carbocycles. The Balaban J connectivity index is 1.52. The van der Waals surface area contributed by atoms with E-state index in [1.165, 1.54) is 7.05 Å². The van der Waals surface area contributed by atoms with Gasteiger partial charge in [0.2, 0.25) is 0 Å². The maximum atomic E-state index is 11.4. The number of carbonyl (C=O) groups is 2. The fourth-order valence-electron chi connectivity index (χ4n) is 2.75. The van der Waals surface area contributed by atoms with Crippen LogP contribution < -0.4 is 15.5 Å². The van der Waals surface area contributed by atoms with Crippen LogP contribution in [0.3, 0.4) is 0 Å². The van der Waals surface area contributed by atoms with Gasteiger partial charge in [-0.2, -0.15) is 4.98 Å². The maximum absolute atomic E-state index is 11.4. The van der Waals surface area contributed by atoms with Crippen molar-refractivity contribution in [3.05, 3.63) is 24.3 Å². The SMILES string of the molecule is CNC(=O)C(=O)NCC1CCN(c2nc3ccccc3o2)CC1. The van der Waals surface area contributed by atoms with Crippen molar-refractivity contribution < 1.29 is 14.0 Å². The van der Waals surface area contributed by atoms with Crippen LogP contribution in [0.2, 0.25) is 0 Å². The Hall–Kier alpha value is -2.57. The summed E-state index contributed by atoms with van der Waals surface area (Å²) in [5, 5.41) is 4.98. The summed E-state index contributed by atoms with van der Waals surface area (Å²) in [6, 6.07) is 8.37. The van der Waals surface area contributed by atoms with E-state index in [0.29, 0.717) is 18.5 Å². The molecule has 7 nitrogen and oxygen atoms in total. The number of fused-ring (bicyclic) bond motifs is 1. The van der Waals surface area contributed by atoms with Crippen molar-refractivity contribution in [2.45, 2.75) is 12.8 Å². The van der Waals surface area contributed by atoms with E-state index in [0.717, 1.165) is 37.0 Å². The molecule has 1 aromatic heterocycles. The Morgan fingerprint density at radius 2 is 2.00 bits per heavy atom. The number of piperidine rings is 1. The number of nitrogens with one attached hydrogen (secondary N) is 2. The van der Waals surface area contributed by atoms with Crippen molar-refractivity contribution in [1.82, 2.24) is 15.6 Å². The van der Waals surface area contributed by atoms with Crippen molar-refractivity contribution in [2.24, 2.45) is 5.92 Å². The summed E-state index contributed by atoms with van der Waals surface area (Å²) >= 11 is 0. The van der Waals surface area contributed by atoms with Gasteiger partial charge < -0.3 is 20.0 Å². The van der Waals surface area contributed by atoms with Crippen molar-refractivity contribution in [1.29, 1.82) is 0 Å². The molecule has 1 saturated heterocycles. The largest absolute Gasteiger partial charge is 0.423 e. The number of hydrogen-bond donors (Lipinski definition) is 2. The van der Waals surface area contributed by atoms with Gasteiger partial charge in [0.15, 0.2) is 5.58 Å². The van der Waals surface area contributed by atoms with Crippen molar-refractivity contribution in [3.63, 3.8) is 0 Å². The third-order valence-electron chi connectivity index (χ3n) is 4.15. The summed E-state index contributed by atoms with van der Waals surface area (Å²) in [5.74, 6) is -0.813. The Labute approximate surface area is 134 Å². The summed E-state index contributed by atoms with van der Waals surface area (Å²) in [5.41, 5.74) is 1.66. The van der Waals surface area contributed by atoms with Crippen LogP contribution in [0.15, 0.2) is 28.7 Å². The van der Waals surface area contributed by atoms with Gasteiger partial charge in [-0.3, -0.25) is 9.59 Å². The molecule has 23 heavy (non-hydrogen) atoms. The second-order valence-electron chi connectivity index (χ2n) is 5.68. The molecule has 3 rings (SSSR count). The number of hydrogen-bond acceptors (Lipinski definition) is 5. The maximum Gasteiger partial charge on any atom is 0.309 e. The number of carbonyl (C=O) groups excluding carboxylic acids is 2. The quantitative estimate of drug-likeness (QED) is 0.822. The van der Waals surface area contributed by atoms with Gasteiger partial charge in [0.1, 0.15) is 5.52 Å². The van der Waals surface area contributed by atoms with E-state index in [9.17, 15) is 9.59 Å². The Kier molecular flexibility index (Phi) is 4.45. The molecule has 2 aromatic rings. The summed E-state index contributed by atoms with van der Waals surface area (Å²) in [7, 11) is 1.45. The minimum atomic E-state index is -0.603. The van der Waals surface area contributed by atoms with Gasteiger partial charge in [0.25, 0.3) is 6.01 Å². The average Bonchev–Trinajstić information content (AvgIpc) is 3.03. The normalized spacial score (nSPS) is 15.6. The fraction of sp³-hybridized carbons (Fsp3) is 0.438. The lowest BCUT2D eigenvalue weighted by Gasteiger charge is -2.30. The topological polar surface area (TPSA) is 87.5 Å². The Bertz CT molecular complexity index is 671. The molecule has 1 aliphatic heterocycles. The second-order valence-corrected chi connectivity index (χ2v) is 5.68. The highest BCUT2D eigenvalue weighted by Crippen LogP contribution is 2.25. The summed E-state index contributed by atoms with van der Waals surface area (Å²) in [6.45, 7) is 2.17. The first-order chi connectivity index (χ1) is 11.2. The van der Waals surface area contributed by atoms with Crippen LogP contribution in [0.5, 0.6) is 0 Å². The van der Waals surface area contributed by atoms with E-state index in [1.807, 2.05) is 24.3 Å². The summed E-state index contributed by atoms with van der Waals surface area (Å²) in [4.78, 5) is 29.2. The molecule has 122 valence electrons. The molecule has 7 heteroatoms. The van der Waals surface area contributed by atoms with Gasteiger partial charge in [-0.1, -0.05) is 12.1 Å². The van der Waals surface area contributed by atoms with Crippen LogP contribution in [0, 0.1) is 5.92 Å². The predicted molar refractivity (Wildman–Crippen MR) is 86.0 cm³/mol. The molecule has 0 aliphatic carbocycles. The van der Waals surface area contributed by atoms with E-state index in [2.05, 4.69) is 20.5 Å². The first kappa shape index (κ1) is 15.3. The van der Waals surface area contributed by atoms with Gasteiger partial charge in [-0.15, -0.1) is 0 Å². The molecule has 1 fully saturated rings. The number of oxazole rings is 1. The minimum Gasteiger partial charge on any atom is -0.423 e. The molecule has 2 amide bonds. The standard InChI is InChI=1S/C16H20N4O3/c1-17-14(21)15(22)18-10-11-6-8-20(9-7-11)16-19-12-4-2-3-5-13(12)23-16/h2-5,11H,6-10H2,1H3,(H,17,21)(H,18,22).